The van der Waals surface area contributed by atoms with Crippen LogP contribution in [0.3, 0.4) is 0 Å². The predicted molar refractivity (Wildman–Crippen MR) is 60.7 cm³/mol. The summed E-state index contributed by atoms with van der Waals surface area (Å²) >= 11 is 0. The number of carbonyl (C=O) groups is 1. The molecule has 0 radical (unpaired) electrons. The number of Topliss-reactive ketones (excluding diaryl/α,β-unsaturated/α-hetero) is 1. The van der Waals surface area contributed by atoms with Gasteiger partial charge in [0, 0.05) is 16.9 Å². The lowest BCUT2D eigenvalue weighted by Gasteiger charge is -2.41. The molecule has 0 aromatic rings. The Bertz CT molecular complexity index is 381. The second kappa shape index (κ2) is 3.74. The molecule has 0 fully saturated rings. The van der Waals surface area contributed by atoms with Crippen molar-refractivity contribution in [1.82, 2.24) is 0 Å². The highest BCUT2D eigenvalue weighted by atomic mass is 16.5. The average molecular weight is 222 g/mol. The maximum absolute atomic E-state index is 11.6. The van der Waals surface area contributed by atoms with E-state index in [4.69, 9.17) is 4.74 Å². The zero-order valence-electron chi connectivity index (χ0n) is 9.99. The van der Waals surface area contributed by atoms with Crippen LogP contribution in [0.15, 0.2) is 23.5 Å². The average Bonchev–Trinajstić information content (AvgIpc) is 2.56. The lowest BCUT2D eigenvalue weighted by molar-refractivity contribution is -0.116. The molecule has 88 valence electrons. The second-order valence-corrected chi connectivity index (χ2v) is 4.97. The fraction of sp³-hybridized carbons (Fsp3) is 0.615. The van der Waals surface area contributed by atoms with Crippen LogP contribution in [0.4, 0.5) is 0 Å². The van der Waals surface area contributed by atoms with Gasteiger partial charge in [0.2, 0.25) is 0 Å². The zero-order valence-corrected chi connectivity index (χ0v) is 9.99. The van der Waals surface area contributed by atoms with E-state index < -0.39 is 0 Å². The fourth-order valence-corrected chi connectivity index (χ4v) is 3.14. The van der Waals surface area contributed by atoms with Gasteiger partial charge in [0.05, 0.1) is 12.9 Å². The molecular weight excluding hydrogens is 204 g/mol. The molecule has 0 saturated heterocycles. The van der Waals surface area contributed by atoms with Crippen molar-refractivity contribution in [3.05, 3.63) is 23.5 Å². The summed E-state index contributed by atoms with van der Waals surface area (Å²) < 4.78 is 5.53. The van der Waals surface area contributed by atoms with E-state index in [9.17, 15) is 9.90 Å². The number of rotatable bonds is 2. The number of aliphatic hydroxyl groups is 1. The number of hydrogen-bond donors (Lipinski definition) is 1. The summed E-state index contributed by atoms with van der Waals surface area (Å²) in [5.41, 5.74) is 1.55. The zero-order chi connectivity index (χ0) is 11.9. The molecule has 0 saturated carbocycles. The topological polar surface area (TPSA) is 46.5 Å². The fourth-order valence-electron chi connectivity index (χ4n) is 3.14. The molecule has 1 heterocycles. The molecule has 0 aromatic carbocycles. The van der Waals surface area contributed by atoms with Crippen molar-refractivity contribution in [3.8, 4) is 0 Å². The van der Waals surface area contributed by atoms with Gasteiger partial charge in [-0.25, -0.2) is 0 Å². The maximum Gasteiger partial charge on any atom is 0.159 e. The van der Waals surface area contributed by atoms with E-state index >= 15 is 0 Å². The Kier molecular flexibility index (Phi) is 2.66. The first-order valence-electron chi connectivity index (χ1n) is 5.67. The first-order valence-corrected chi connectivity index (χ1v) is 5.67. The number of fused-ring (bicyclic) bond motifs is 1. The molecule has 3 nitrogen and oxygen atoms in total. The van der Waals surface area contributed by atoms with Crippen molar-refractivity contribution < 1.29 is 14.6 Å². The van der Waals surface area contributed by atoms with Gasteiger partial charge in [-0.2, -0.15) is 0 Å². The maximum atomic E-state index is 11.6. The van der Waals surface area contributed by atoms with Crippen molar-refractivity contribution in [3.63, 3.8) is 0 Å². The minimum atomic E-state index is -0.193. The molecule has 3 heteroatoms. The Morgan fingerprint density at radius 3 is 2.94 bits per heavy atom. The Labute approximate surface area is 95.8 Å². The Morgan fingerprint density at radius 2 is 2.38 bits per heavy atom. The lowest BCUT2D eigenvalue weighted by atomic mass is 9.67. The molecule has 1 aliphatic heterocycles. The van der Waals surface area contributed by atoms with E-state index in [2.05, 4.69) is 6.92 Å². The summed E-state index contributed by atoms with van der Waals surface area (Å²) in [6.45, 7) is 5.71. The van der Waals surface area contributed by atoms with E-state index in [1.807, 2.05) is 13.0 Å². The van der Waals surface area contributed by atoms with Crippen LogP contribution < -0.4 is 0 Å². The Morgan fingerprint density at radius 1 is 1.69 bits per heavy atom. The third-order valence-electron chi connectivity index (χ3n) is 3.92. The number of carbonyl (C=O) groups excluding carboxylic acids is 1. The van der Waals surface area contributed by atoms with Crippen LogP contribution in [0.25, 0.3) is 0 Å². The van der Waals surface area contributed by atoms with Crippen molar-refractivity contribution in [2.45, 2.75) is 33.3 Å². The number of ether oxygens (including phenoxy) is 1. The Hall–Kier alpha value is -1.09. The number of allylic oxidation sites excluding steroid dienone is 2. The van der Waals surface area contributed by atoms with Crippen molar-refractivity contribution in [2.24, 2.45) is 11.3 Å². The van der Waals surface area contributed by atoms with Gasteiger partial charge >= 0.3 is 0 Å². The summed E-state index contributed by atoms with van der Waals surface area (Å²) in [6, 6.07) is 0. The first kappa shape index (κ1) is 11.4. The monoisotopic (exact) mass is 222 g/mol. The minimum Gasteiger partial charge on any atom is -0.497 e. The van der Waals surface area contributed by atoms with Gasteiger partial charge in [-0.15, -0.1) is 0 Å². The molecule has 3 unspecified atom stereocenters. The van der Waals surface area contributed by atoms with Gasteiger partial charge < -0.3 is 9.84 Å². The molecule has 16 heavy (non-hydrogen) atoms. The highest BCUT2D eigenvalue weighted by molar-refractivity contribution is 5.94. The SMILES string of the molecule is CC(=O)C1=COC(C)C2C(CO)=CCC12C. The van der Waals surface area contributed by atoms with Crippen LogP contribution in [0.1, 0.15) is 27.2 Å². The van der Waals surface area contributed by atoms with E-state index in [-0.39, 0.29) is 29.8 Å². The van der Waals surface area contributed by atoms with Gasteiger partial charge in [-0.05, 0) is 25.8 Å². The molecule has 0 bridgehead atoms. The van der Waals surface area contributed by atoms with Gasteiger partial charge in [0.25, 0.3) is 0 Å². The standard InChI is InChI=1S/C13H18O3/c1-8(15)11-7-16-9(2)12-10(6-14)4-5-13(11,12)3/h4,7,9,12,14H,5-6H2,1-3H3. The quantitative estimate of drug-likeness (QED) is 0.725. The van der Waals surface area contributed by atoms with E-state index in [1.165, 1.54) is 0 Å². The molecule has 1 aliphatic carbocycles. The predicted octanol–water partition coefficient (Wildman–Crippen LogP) is 1.82. The summed E-state index contributed by atoms with van der Waals surface area (Å²) in [4.78, 5) is 11.6. The van der Waals surface area contributed by atoms with Gasteiger partial charge in [0.15, 0.2) is 5.78 Å². The van der Waals surface area contributed by atoms with Crippen LogP contribution in [-0.2, 0) is 9.53 Å². The summed E-state index contributed by atoms with van der Waals surface area (Å²) in [5, 5.41) is 9.33. The van der Waals surface area contributed by atoms with Crippen LogP contribution >= 0.6 is 0 Å². The number of ketones is 1. The highest BCUT2D eigenvalue weighted by Gasteiger charge is 2.49. The number of aliphatic hydroxyl groups excluding tert-OH is 1. The van der Waals surface area contributed by atoms with Gasteiger partial charge in [-0.3, -0.25) is 4.79 Å². The molecule has 1 N–H and O–H groups in total. The number of hydrogen-bond acceptors (Lipinski definition) is 3. The highest BCUT2D eigenvalue weighted by Crippen LogP contribution is 2.52. The Balaban J connectivity index is 2.42. The third-order valence-corrected chi connectivity index (χ3v) is 3.92. The normalized spacial score (nSPS) is 37.2. The van der Waals surface area contributed by atoms with Crippen LogP contribution in [0, 0.1) is 11.3 Å². The summed E-state index contributed by atoms with van der Waals surface area (Å²) in [7, 11) is 0. The second-order valence-electron chi connectivity index (χ2n) is 4.97. The van der Waals surface area contributed by atoms with Crippen molar-refractivity contribution >= 4 is 5.78 Å². The smallest absolute Gasteiger partial charge is 0.159 e. The molecule has 3 atom stereocenters. The first-order chi connectivity index (χ1) is 7.50. The van der Waals surface area contributed by atoms with Crippen LogP contribution in [-0.4, -0.2) is 23.6 Å². The van der Waals surface area contributed by atoms with Crippen LogP contribution in [0.5, 0.6) is 0 Å². The third kappa shape index (κ3) is 1.42. The molecule has 2 rings (SSSR count). The van der Waals surface area contributed by atoms with E-state index in [1.54, 1.807) is 13.2 Å². The summed E-state index contributed by atoms with van der Waals surface area (Å²) in [6.07, 6.45) is 4.49. The van der Waals surface area contributed by atoms with Crippen LogP contribution in [0.2, 0.25) is 0 Å². The van der Waals surface area contributed by atoms with Gasteiger partial charge in [0.1, 0.15) is 6.10 Å². The summed E-state index contributed by atoms with van der Waals surface area (Å²) in [5.74, 6) is 0.188. The molecule has 0 aromatic heterocycles. The largest absolute Gasteiger partial charge is 0.497 e. The molecule has 0 spiro atoms. The molecule has 0 amide bonds. The molecule has 2 aliphatic rings. The van der Waals surface area contributed by atoms with E-state index in [0.29, 0.717) is 0 Å². The van der Waals surface area contributed by atoms with E-state index in [0.717, 1.165) is 17.6 Å². The minimum absolute atomic E-state index is 0.0222. The lowest BCUT2D eigenvalue weighted by Crippen LogP contribution is -2.40. The van der Waals surface area contributed by atoms with Crippen molar-refractivity contribution in [1.29, 1.82) is 0 Å². The van der Waals surface area contributed by atoms with Gasteiger partial charge in [-0.1, -0.05) is 13.0 Å². The molecular formula is C13H18O3. The van der Waals surface area contributed by atoms with Crippen molar-refractivity contribution in [2.75, 3.05) is 6.61 Å².